The van der Waals surface area contributed by atoms with Crippen molar-refractivity contribution in [3.05, 3.63) is 33.8 Å². The lowest BCUT2D eigenvalue weighted by molar-refractivity contribution is -0.127. The van der Waals surface area contributed by atoms with Crippen molar-refractivity contribution in [2.45, 2.75) is 39.5 Å². The van der Waals surface area contributed by atoms with Crippen molar-refractivity contribution in [1.82, 2.24) is 5.32 Å². The number of carbonyl (C=O) groups is 2. The molecule has 1 aromatic rings. The number of hydrogen-bond donors (Lipinski definition) is 1. The summed E-state index contributed by atoms with van der Waals surface area (Å²) in [5.74, 6) is -0.269. The molecule has 0 fully saturated rings. The lowest BCUT2D eigenvalue weighted by Crippen LogP contribution is -2.38. The molecule has 1 atom stereocenters. The van der Waals surface area contributed by atoms with Crippen LogP contribution in [0, 0.1) is 5.41 Å². The van der Waals surface area contributed by atoms with Gasteiger partial charge in [-0.2, -0.15) is 0 Å². The van der Waals surface area contributed by atoms with Gasteiger partial charge in [-0.1, -0.05) is 42.8 Å². The highest BCUT2D eigenvalue weighted by atomic mass is 79.9. The van der Waals surface area contributed by atoms with Crippen LogP contribution in [0.1, 0.15) is 44.2 Å². The number of rotatable bonds is 2. The molecular formula is C16H20BrNO2. The van der Waals surface area contributed by atoms with E-state index in [1.165, 1.54) is 0 Å². The normalized spacial score (nSPS) is 18.6. The second-order valence-electron chi connectivity index (χ2n) is 6.59. The van der Waals surface area contributed by atoms with Crippen LogP contribution in [-0.2, 0) is 16.0 Å². The fraction of sp³-hybridized carbons (Fsp3) is 0.500. The number of nitrogens with one attached hydrogen (secondary N) is 1. The van der Waals surface area contributed by atoms with Gasteiger partial charge < -0.3 is 5.32 Å². The fourth-order valence-electron chi connectivity index (χ4n) is 2.38. The minimum absolute atomic E-state index is 0.0361. The molecule has 2 rings (SSSR count). The quantitative estimate of drug-likeness (QED) is 0.900. The third kappa shape index (κ3) is 3.69. The fourth-order valence-corrected chi connectivity index (χ4v) is 2.76. The van der Waals surface area contributed by atoms with Crippen molar-refractivity contribution in [2.75, 3.05) is 6.54 Å². The number of carbonyl (C=O) groups excluding carboxylic acids is 2. The Morgan fingerprint density at radius 3 is 2.75 bits per heavy atom. The summed E-state index contributed by atoms with van der Waals surface area (Å²) in [6, 6.07) is 5.81. The summed E-state index contributed by atoms with van der Waals surface area (Å²) in [7, 11) is 0. The van der Waals surface area contributed by atoms with Gasteiger partial charge in [0.15, 0.2) is 0 Å². The molecule has 108 valence electrons. The summed E-state index contributed by atoms with van der Waals surface area (Å²) in [4.78, 5) is 24.2. The first-order valence-electron chi connectivity index (χ1n) is 6.84. The first-order chi connectivity index (χ1) is 9.26. The Balaban J connectivity index is 2.22. The van der Waals surface area contributed by atoms with Gasteiger partial charge >= 0.3 is 0 Å². The smallest absolute Gasteiger partial charge is 0.228 e. The molecule has 0 bridgehead atoms. The molecule has 1 amide bonds. The van der Waals surface area contributed by atoms with E-state index in [9.17, 15) is 9.59 Å². The van der Waals surface area contributed by atoms with Crippen LogP contribution in [-0.4, -0.2) is 18.2 Å². The van der Waals surface area contributed by atoms with Crippen molar-refractivity contribution in [3.63, 3.8) is 0 Å². The Kier molecular flexibility index (Phi) is 4.33. The Morgan fingerprint density at radius 2 is 2.10 bits per heavy atom. The average Bonchev–Trinajstić information content (AvgIpc) is 2.34. The molecule has 1 N–H and O–H groups in total. The van der Waals surface area contributed by atoms with Crippen molar-refractivity contribution >= 4 is 27.6 Å². The van der Waals surface area contributed by atoms with E-state index in [2.05, 4.69) is 42.0 Å². The van der Waals surface area contributed by atoms with E-state index >= 15 is 0 Å². The topological polar surface area (TPSA) is 46.2 Å². The number of benzene rings is 1. The van der Waals surface area contributed by atoms with Crippen molar-refractivity contribution in [2.24, 2.45) is 5.41 Å². The van der Waals surface area contributed by atoms with Gasteiger partial charge in [0.05, 0.1) is 5.92 Å². The van der Waals surface area contributed by atoms with Crippen LogP contribution in [0.3, 0.4) is 0 Å². The molecule has 0 spiro atoms. The highest BCUT2D eigenvalue weighted by Gasteiger charge is 2.31. The highest BCUT2D eigenvalue weighted by Crippen LogP contribution is 2.32. The zero-order chi connectivity index (χ0) is 14.9. The predicted molar refractivity (Wildman–Crippen MR) is 82.7 cm³/mol. The zero-order valence-corrected chi connectivity index (χ0v) is 13.7. The molecule has 1 aromatic carbocycles. The molecule has 0 radical (unpaired) electrons. The molecule has 4 heteroatoms. The first kappa shape index (κ1) is 15.2. The molecule has 1 aliphatic carbocycles. The number of Topliss-reactive ketones (excluding diaryl/α,β-unsaturated/α-hetero) is 1. The van der Waals surface area contributed by atoms with Crippen LogP contribution < -0.4 is 5.32 Å². The molecule has 0 saturated carbocycles. The van der Waals surface area contributed by atoms with Crippen LogP contribution in [0.5, 0.6) is 0 Å². The van der Waals surface area contributed by atoms with E-state index in [-0.39, 0.29) is 23.0 Å². The maximum atomic E-state index is 12.4. The van der Waals surface area contributed by atoms with Crippen LogP contribution in [0.15, 0.2) is 22.7 Å². The summed E-state index contributed by atoms with van der Waals surface area (Å²) < 4.78 is 0.944. The predicted octanol–water partition coefficient (Wildman–Crippen LogP) is 3.21. The third-order valence-electron chi connectivity index (χ3n) is 3.41. The Hall–Kier alpha value is -1.16. The van der Waals surface area contributed by atoms with E-state index in [1.807, 2.05) is 18.2 Å². The van der Waals surface area contributed by atoms with E-state index < -0.39 is 0 Å². The molecule has 1 aliphatic rings. The first-order valence-corrected chi connectivity index (χ1v) is 7.63. The number of fused-ring (bicyclic) bond motifs is 1. The van der Waals surface area contributed by atoms with E-state index in [0.29, 0.717) is 19.4 Å². The minimum Gasteiger partial charge on any atom is -0.355 e. The number of hydrogen-bond acceptors (Lipinski definition) is 2. The van der Waals surface area contributed by atoms with E-state index in [1.54, 1.807) is 0 Å². The third-order valence-corrected chi connectivity index (χ3v) is 3.91. The molecule has 3 nitrogen and oxygen atoms in total. The monoisotopic (exact) mass is 337 g/mol. The van der Waals surface area contributed by atoms with Crippen molar-refractivity contribution < 1.29 is 9.59 Å². The van der Waals surface area contributed by atoms with E-state index in [4.69, 9.17) is 0 Å². The average molecular weight is 338 g/mol. The van der Waals surface area contributed by atoms with Gasteiger partial charge in [-0.25, -0.2) is 0 Å². The van der Waals surface area contributed by atoms with Gasteiger partial charge in [-0.15, -0.1) is 0 Å². The molecule has 0 heterocycles. The van der Waals surface area contributed by atoms with Crippen LogP contribution >= 0.6 is 15.9 Å². The lowest BCUT2D eigenvalue weighted by atomic mass is 9.81. The molecule has 1 unspecified atom stereocenters. The van der Waals surface area contributed by atoms with Gasteiger partial charge in [-0.05, 0) is 28.7 Å². The van der Waals surface area contributed by atoms with Gasteiger partial charge in [0.25, 0.3) is 0 Å². The molecule has 0 aromatic heterocycles. The largest absolute Gasteiger partial charge is 0.355 e. The Morgan fingerprint density at radius 1 is 1.40 bits per heavy atom. The Labute approximate surface area is 128 Å². The number of halogens is 1. The van der Waals surface area contributed by atoms with Gasteiger partial charge in [-0.3, -0.25) is 9.59 Å². The summed E-state index contributed by atoms with van der Waals surface area (Å²) >= 11 is 3.44. The zero-order valence-electron chi connectivity index (χ0n) is 12.1. The van der Waals surface area contributed by atoms with Crippen molar-refractivity contribution in [1.29, 1.82) is 0 Å². The second kappa shape index (κ2) is 5.68. The highest BCUT2D eigenvalue weighted by molar-refractivity contribution is 9.10. The summed E-state index contributed by atoms with van der Waals surface area (Å²) in [5, 5.41) is 2.97. The Bertz CT molecular complexity index is 546. The summed E-state index contributed by atoms with van der Waals surface area (Å²) in [5.41, 5.74) is 1.99. The summed E-state index contributed by atoms with van der Waals surface area (Å²) in [6.07, 6.45) is 0.741. The minimum atomic E-state index is -0.355. The molecule has 0 saturated heterocycles. The molecule has 0 aliphatic heterocycles. The second-order valence-corrected chi connectivity index (χ2v) is 7.51. The van der Waals surface area contributed by atoms with Gasteiger partial charge in [0.2, 0.25) is 5.91 Å². The van der Waals surface area contributed by atoms with Crippen molar-refractivity contribution in [3.8, 4) is 0 Å². The summed E-state index contributed by atoms with van der Waals surface area (Å²) in [6.45, 7) is 6.83. The van der Waals surface area contributed by atoms with Gasteiger partial charge in [0.1, 0.15) is 5.78 Å². The SMILES string of the molecule is CC(C)(C)CNC(=O)C1CC(=O)Cc2ccc(Br)cc21. The molecule has 20 heavy (non-hydrogen) atoms. The number of amides is 1. The van der Waals surface area contributed by atoms with Crippen LogP contribution in [0.2, 0.25) is 0 Å². The molecular weight excluding hydrogens is 318 g/mol. The number of ketones is 1. The van der Waals surface area contributed by atoms with Crippen LogP contribution in [0.25, 0.3) is 0 Å². The standard InChI is InChI=1S/C16H20BrNO2/c1-16(2,3)9-18-15(20)14-8-12(19)6-10-4-5-11(17)7-13(10)14/h4-5,7,14H,6,8-9H2,1-3H3,(H,18,20). The lowest BCUT2D eigenvalue weighted by Gasteiger charge is -2.26. The maximum Gasteiger partial charge on any atom is 0.228 e. The van der Waals surface area contributed by atoms with E-state index in [0.717, 1.165) is 15.6 Å². The van der Waals surface area contributed by atoms with Crippen LogP contribution in [0.4, 0.5) is 0 Å². The maximum absolute atomic E-state index is 12.4. The van der Waals surface area contributed by atoms with Gasteiger partial charge in [0, 0.05) is 23.9 Å².